The van der Waals surface area contributed by atoms with E-state index < -0.39 is 0 Å². The Kier molecular flexibility index (Phi) is 11.3. The first-order chi connectivity index (χ1) is 45.4. The number of benzene rings is 15. The molecule has 0 saturated heterocycles. The van der Waals surface area contributed by atoms with E-state index >= 15 is 4.79 Å². The van der Waals surface area contributed by atoms with Crippen LogP contribution in [0.15, 0.2) is 325 Å². The van der Waals surface area contributed by atoms with E-state index in [9.17, 15) is 4.79 Å². The Morgan fingerprint density at radius 1 is 0.174 bits per heavy atom. The lowest BCUT2D eigenvalue weighted by atomic mass is 9.90. The molecule has 0 unspecified atom stereocenters. The third-order valence-corrected chi connectivity index (χ3v) is 19.5. The zero-order chi connectivity index (χ0) is 60.7. The number of nitrogens with zero attached hydrogens (tertiary/aromatic N) is 2. The molecule has 0 saturated carbocycles. The Morgan fingerprint density at radius 2 is 0.511 bits per heavy atom. The van der Waals surface area contributed by atoms with Gasteiger partial charge in [-0.15, -0.1) is 0 Å². The first-order valence-electron chi connectivity index (χ1n) is 31.4. The summed E-state index contributed by atoms with van der Waals surface area (Å²) in [4.78, 5) is 29.8. The molecule has 92 heavy (non-hydrogen) atoms. The molecule has 0 bridgehead atoms. The Labute approximate surface area is 528 Å². The topological polar surface area (TPSA) is 43.0 Å². The molecule has 19 rings (SSSR count). The lowest BCUT2D eigenvalue weighted by Crippen LogP contribution is -2.13. The third kappa shape index (κ3) is 7.97. The first kappa shape index (κ1) is 51.8. The molecule has 4 aromatic heterocycles. The lowest BCUT2D eigenvalue weighted by molar-refractivity contribution is 1.21. The van der Waals surface area contributed by atoms with Crippen molar-refractivity contribution in [3.05, 3.63) is 336 Å². The van der Waals surface area contributed by atoms with Gasteiger partial charge >= 0.3 is 0 Å². The molecule has 0 fully saturated rings. The molecule has 4 heteroatoms. The Morgan fingerprint density at radius 3 is 1.16 bits per heavy atom. The summed E-state index contributed by atoms with van der Waals surface area (Å²) in [5.74, 6) is 0. The molecule has 0 aliphatic carbocycles. The molecule has 15 aromatic carbocycles. The van der Waals surface area contributed by atoms with Crippen molar-refractivity contribution in [2.45, 2.75) is 0 Å². The van der Waals surface area contributed by atoms with Crippen molar-refractivity contribution < 1.29 is 0 Å². The van der Waals surface area contributed by atoms with E-state index in [4.69, 9.17) is 0 Å². The van der Waals surface area contributed by atoms with Gasteiger partial charge < -0.3 is 0 Å². The number of pyridine rings is 2. The molecular formula is C88H52N2O2. The zero-order valence-corrected chi connectivity index (χ0v) is 49.7. The minimum Gasteiger partial charge on any atom is -0.275 e. The number of hydrogen-bond acceptors (Lipinski definition) is 2. The number of fused-ring (bicyclic) bond motifs is 12. The molecule has 4 nitrogen and oxygen atoms in total. The zero-order valence-electron chi connectivity index (χ0n) is 49.7. The molecule has 4 heterocycles. The molecule has 0 N–H and O–H groups in total. The first-order valence-corrected chi connectivity index (χ1v) is 31.4. The van der Waals surface area contributed by atoms with Crippen LogP contribution in [0.1, 0.15) is 0 Å². The summed E-state index contributed by atoms with van der Waals surface area (Å²) in [5.41, 5.74) is 21.3. The second-order valence-corrected chi connectivity index (χ2v) is 24.6. The standard InChI is InChI=1S/C88H52N2O2/c91-87-74-30-13-12-29-73(74)79-51-68(71-32-15-24-56-23-10-11-28-69(56)71)52-82-78-48-63(36-40-84(78)89(87)85(79)82)70-31-16-27-62-42-59(33-37-72(62)70)65-43-64(55-21-8-3-9-22-55)44-66(45-65)67-49-80-76-46-60(54-19-6-2-7-20-54)34-38-75(76)88(92)90-83-39-35-61(47-77(83)81(50-67)86(80)90)58-26-14-25-57(41-58)53-17-4-1-5-18-53/h1-52H. The van der Waals surface area contributed by atoms with Gasteiger partial charge in [-0.2, -0.15) is 0 Å². The predicted molar refractivity (Wildman–Crippen MR) is 387 cm³/mol. The maximum Gasteiger partial charge on any atom is 0.263 e. The van der Waals surface area contributed by atoms with Crippen LogP contribution in [-0.2, 0) is 0 Å². The highest BCUT2D eigenvalue weighted by Crippen LogP contribution is 2.45. The lowest BCUT2D eigenvalue weighted by Gasteiger charge is -2.15. The van der Waals surface area contributed by atoms with Gasteiger partial charge in [-0.25, -0.2) is 0 Å². The van der Waals surface area contributed by atoms with Crippen molar-refractivity contribution in [3.8, 4) is 89.0 Å². The van der Waals surface area contributed by atoms with E-state index in [0.717, 1.165) is 165 Å². The van der Waals surface area contributed by atoms with Gasteiger partial charge in [0.1, 0.15) is 0 Å². The summed E-state index contributed by atoms with van der Waals surface area (Å²) < 4.78 is 3.91. The fourth-order valence-electron chi connectivity index (χ4n) is 15.2. The van der Waals surface area contributed by atoms with Crippen LogP contribution in [0, 0.1) is 0 Å². The quantitative estimate of drug-likeness (QED) is 0.142. The van der Waals surface area contributed by atoms with Crippen LogP contribution in [0.2, 0.25) is 0 Å². The van der Waals surface area contributed by atoms with Gasteiger partial charge in [-0.3, -0.25) is 18.4 Å². The summed E-state index contributed by atoms with van der Waals surface area (Å²) in [5, 5.41) is 14.2. The van der Waals surface area contributed by atoms with Gasteiger partial charge in [0.15, 0.2) is 0 Å². The Bertz CT molecular complexity index is 6400. The van der Waals surface area contributed by atoms with E-state index in [-0.39, 0.29) is 11.1 Å². The smallest absolute Gasteiger partial charge is 0.263 e. The van der Waals surface area contributed by atoms with Gasteiger partial charge in [-0.1, -0.05) is 218 Å². The van der Waals surface area contributed by atoms with Crippen molar-refractivity contribution >= 4 is 97.5 Å². The average Bonchev–Trinajstić information content (AvgIpc) is 1.53. The fourth-order valence-corrected chi connectivity index (χ4v) is 15.2. The molecular weight excluding hydrogens is 1120 g/mol. The number of aromatic nitrogens is 2. The summed E-state index contributed by atoms with van der Waals surface area (Å²) in [7, 11) is 0. The maximum absolute atomic E-state index is 15.1. The highest BCUT2D eigenvalue weighted by molar-refractivity contribution is 6.24. The van der Waals surface area contributed by atoms with Gasteiger partial charge in [0, 0.05) is 43.1 Å². The van der Waals surface area contributed by atoms with Crippen LogP contribution in [0.3, 0.4) is 0 Å². The molecule has 0 spiro atoms. The van der Waals surface area contributed by atoms with E-state index in [1.54, 1.807) is 0 Å². The van der Waals surface area contributed by atoms with Gasteiger partial charge in [-0.05, 0) is 218 Å². The molecule has 0 aliphatic rings. The minimum absolute atomic E-state index is 0.00616. The van der Waals surface area contributed by atoms with E-state index in [0.29, 0.717) is 10.8 Å². The van der Waals surface area contributed by atoms with Crippen LogP contribution >= 0.6 is 0 Å². The van der Waals surface area contributed by atoms with Crippen molar-refractivity contribution in [1.82, 2.24) is 8.80 Å². The molecule has 0 aliphatic heterocycles. The van der Waals surface area contributed by atoms with Crippen molar-refractivity contribution in [3.63, 3.8) is 0 Å². The normalized spacial score (nSPS) is 12.0. The largest absolute Gasteiger partial charge is 0.275 e. The van der Waals surface area contributed by atoms with Crippen molar-refractivity contribution in [1.29, 1.82) is 0 Å². The van der Waals surface area contributed by atoms with Crippen LogP contribution in [0.4, 0.5) is 0 Å². The maximum atomic E-state index is 15.1. The van der Waals surface area contributed by atoms with E-state index in [1.165, 1.54) is 10.8 Å². The Balaban J connectivity index is 0.790. The molecule has 0 radical (unpaired) electrons. The summed E-state index contributed by atoms with van der Waals surface area (Å²) in [6.07, 6.45) is 0. The highest BCUT2D eigenvalue weighted by Gasteiger charge is 2.24. The van der Waals surface area contributed by atoms with E-state index in [2.05, 4.69) is 285 Å². The van der Waals surface area contributed by atoms with Crippen LogP contribution in [-0.4, -0.2) is 8.80 Å². The van der Waals surface area contributed by atoms with Crippen LogP contribution in [0.25, 0.3) is 186 Å². The highest BCUT2D eigenvalue weighted by atomic mass is 16.1. The van der Waals surface area contributed by atoms with Crippen LogP contribution < -0.4 is 11.1 Å². The second-order valence-electron chi connectivity index (χ2n) is 24.6. The SMILES string of the molecule is O=c1c2ccc(-c3ccccc3)cc2c2cc(-c3cc(-c4ccccc4)cc(-c4ccc5c(-c6ccc7c(c6)c6cc(-c8cccc9ccccc89)cc8c9ccccc9c(=O)n7c86)cccc5c4)c3)cc3c4cc(-c5cccc(-c6ccccc6)c5)ccc4n1c23. The molecule has 0 amide bonds. The summed E-state index contributed by atoms with van der Waals surface area (Å²) in [6.45, 7) is 0. The monoisotopic (exact) mass is 1170 g/mol. The van der Waals surface area contributed by atoms with Gasteiger partial charge in [0.2, 0.25) is 0 Å². The third-order valence-electron chi connectivity index (χ3n) is 19.5. The summed E-state index contributed by atoms with van der Waals surface area (Å²) >= 11 is 0. The molecule has 426 valence electrons. The van der Waals surface area contributed by atoms with Gasteiger partial charge in [0.25, 0.3) is 11.1 Å². The summed E-state index contributed by atoms with van der Waals surface area (Å²) in [6, 6.07) is 113. The van der Waals surface area contributed by atoms with Crippen molar-refractivity contribution in [2.75, 3.05) is 0 Å². The average molecular weight is 1170 g/mol. The number of hydrogen-bond donors (Lipinski definition) is 0. The van der Waals surface area contributed by atoms with Crippen molar-refractivity contribution in [2.24, 2.45) is 0 Å². The van der Waals surface area contributed by atoms with Gasteiger partial charge in [0.05, 0.1) is 22.1 Å². The molecule has 0 atom stereocenters. The van der Waals surface area contributed by atoms with Crippen LogP contribution in [0.5, 0.6) is 0 Å². The predicted octanol–water partition coefficient (Wildman–Crippen LogP) is 22.3. The molecule has 19 aromatic rings. The fraction of sp³-hybridized carbons (Fsp3) is 0. The van der Waals surface area contributed by atoms with E-state index in [1.807, 2.05) is 39.1 Å². The number of rotatable bonds is 8. The Hall–Kier alpha value is -12.2. The second kappa shape index (κ2) is 20.1. The minimum atomic E-state index is -0.0251.